The van der Waals surface area contributed by atoms with E-state index >= 15 is 0 Å². The third-order valence-electron chi connectivity index (χ3n) is 9.38. The highest BCUT2D eigenvalue weighted by molar-refractivity contribution is 7.36. The zero-order chi connectivity index (χ0) is 30.2. The molecule has 0 atom stereocenters. The Morgan fingerprint density at radius 2 is 0.674 bits per heavy atom. The van der Waals surface area contributed by atoms with Gasteiger partial charge in [0, 0.05) is 20.2 Å². The van der Waals surface area contributed by atoms with Crippen LogP contribution in [0.3, 0.4) is 0 Å². The molecule has 0 fully saturated rings. The van der Waals surface area contributed by atoms with Crippen LogP contribution in [0.4, 0.5) is 0 Å². The average molecular weight is 619 g/mol. The van der Waals surface area contributed by atoms with Crippen molar-refractivity contribution in [3.05, 3.63) is 158 Å². The largest absolute Gasteiger partial charge is 0.134 e. The lowest BCUT2D eigenvalue weighted by Gasteiger charge is -2.09. The van der Waals surface area contributed by atoms with E-state index in [9.17, 15) is 0 Å². The minimum Gasteiger partial charge on any atom is -0.134 e. The second-order valence-electron chi connectivity index (χ2n) is 12.2. The summed E-state index contributed by atoms with van der Waals surface area (Å²) in [5, 5.41) is 10.5. The molecule has 0 aliphatic carbocycles. The van der Waals surface area contributed by atoms with Crippen molar-refractivity contribution >= 4 is 84.6 Å². The van der Waals surface area contributed by atoms with Gasteiger partial charge in [-0.05, 0) is 114 Å². The molecule has 0 aliphatic heterocycles. The summed E-state index contributed by atoms with van der Waals surface area (Å²) in [6, 6.07) is 58.3. The molecule has 0 aliphatic rings. The van der Waals surface area contributed by atoms with E-state index in [2.05, 4.69) is 158 Å². The fourth-order valence-electron chi connectivity index (χ4n) is 6.98. The van der Waals surface area contributed by atoms with Crippen molar-refractivity contribution in [1.82, 2.24) is 0 Å². The highest BCUT2D eigenvalue weighted by Crippen LogP contribution is 2.46. The maximum Gasteiger partial charge on any atom is 0.0542 e. The fourth-order valence-corrected chi connectivity index (χ4v) is 9.68. The smallest absolute Gasteiger partial charge is 0.0542 e. The summed E-state index contributed by atoms with van der Waals surface area (Å²) >= 11 is 3.87. The van der Waals surface area contributed by atoms with Gasteiger partial charge in [-0.2, -0.15) is 0 Å². The highest BCUT2D eigenvalue weighted by atomic mass is 32.1. The summed E-state index contributed by atoms with van der Waals surface area (Å²) in [5.74, 6) is 0. The van der Waals surface area contributed by atoms with Gasteiger partial charge in [-0.3, -0.25) is 0 Å². The summed E-state index contributed by atoms with van der Waals surface area (Å²) in [5.41, 5.74) is 7.47. The molecule has 10 rings (SSSR count). The Bertz CT molecular complexity index is 2800. The second kappa shape index (κ2) is 10.1. The monoisotopic (exact) mass is 618 g/mol. The van der Waals surface area contributed by atoms with Gasteiger partial charge < -0.3 is 0 Å². The van der Waals surface area contributed by atoms with Gasteiger partial charge >= 0.3 is 0 Å². The Morgan fingerprint density at radius 3 is 1.28 bits per heavy atom. The molecule has 0 saturated carbocycles. The number of rotatable bonds is 3. The molecular weight excluding hydrogens is 593 g/mol. The van der Waals surface area contributed by atoms with Crippen LogP contribution in [0.25, 0.3) is 95.3 Å². The molecule has 46 heavy (non-hydrogen) atoms. The van der Waals surface area contributed by atoms with Crippen molar-refractivity contribution in [2.45, 2.75) is 0 Å². The van der Waals surface area contributed by atoms with Crippen LogP contribution < -0.4 is 0 Å². The molecule has 0 saturated heterocycles. The first kappa shape index (κ1) is 26.0. The van der Waals surface area contributed by atoms with Gasteiger partial charge in [-0.1, -0.05) is 109 Å². The lowest BCUT2D eigenvalue weighted by Crippen LogP contribution is -1.84. The predicted octanol–water partition coefficient (Wildman–Crippen LogP) is 13.7. The number of benzene rings is 8. The zero-order valence-electron chi connectivity index (χ0n) is 24.8. The van der Waals surface area contributed by atoms with Crippen LogP contribution in [0.2, 0.25) is 0 Å². The van der Waals surface area contributed by atoms with Crippen molar-refractivity contribution in [2.75, 3.05) is 0 Å². The van der Waals surface area contributed by atoms with E-state index in [0.29, 0.717) is 0 Å². The molecule has 214 valence electrons. The van der Waals surface area contributed by atoms with Gasteiger partial charge in [0.2, 0.25) is 0 Å². The van der Waals surface area contributed by atoms with Crippen LogP contribution in [0.5, 0.6) is 0 Å². The van der Waals surface area contributed by atoms with Crippen LogP contribution in [0.15, 0.2) is 158 Å². The van der Waals surface area contributed by atoms with Gasteiger partial charge in [0.05, 0.1) is 9.40 Å². The van der Waals surface area contributed by atoms with Crippen molar-refractivity contribution in [2.24, 2.45) is 0 Å². The molecule has 0 amide bonds. The number of thiophene rings is 2. The number of hydrogen-bond donors (Lipinski definition) is 0. The number of fused-ring (bicyclic) bond motifs is 8. The van der Waals surface area contributed by atoms with Crippen LogP contribution in [-0.4, -0.2) is 0 Å². The molecule has 0 bridgehead atoms. The van der Waals surface area contributed by atoms with Crippen LogP contribution in [0, 0.1) is 0 Å². The molecular formula is C44H26S2. The van der Waals surface area contributed by atoms with Crippen LogP contribution in [-0.2, 0) is 0 Å². The fraction of sp³-hybridized carbons (Fsp3) is 0. The van der Waals surface area contributed by atoms with Crippen LogP contribution in [0.1, 0.15) is 0 Å². The molecule has 10 aromatic rings. The van der Waals surface area contributed by atoms with Gasteiger partial charge in [0.15, 0.2) is 0 Å². The van der Waals surface area contributed by atoms with Crippen LogP contribution >= 0.6 is 22.7 Å². The normalized spacial score (nSPS) is 11.9. The van der Waals surface area contributed by atoms with Crippen molar-refractivity contribution in [3.63, 3.8) is 0 Å². The minimum absolute atomic E-state index is 1.24. The van der Waals surface area contributed by atoms with E-state index in [4.69, 9.17) is 0 Å². The molecule has 8 aromatic carbocycles. The van der Waals surface area contributed by atoms with Gasteiger partial charge in [0.1, 0.15) is 0 Å². The van der Waals surface area contributed by atoms with E-state index in [1.165, 1.54) is 95.3 Å². The van der Waals surface area contributed by atoms with Crippen molar-refractivity contribution in [1.29, 1.82) is 0 Å². The van der Waals surface area contributed by atoms with E-state index < -0.39 is 0 Å². The third-order valence-corrected chi connectivity index (χ3v) is 11.9. The Morgan fingerprint density at radius 1 is 0.261 bits per heavy atom. The maximum atomic E-state index is 2.40. The summed E-state index contributed by atoms with van der Waals surface area (Å²) < 4.78 is 5.57. The van der Waals surface area contributed by atoms with Gasteiger partial charge in [-0.15, -0.1) is 22.7 Å². The van der Waals surface area contributed by atoms with Crippen molar-refractivity contribution in [3.8, 4) is 33.4 Å². The van der Waals surface area contributed by atoms with E-state index in [-0.39, 0.29) is 0 Å². The summed E-state index contributed by atoms with van der Waals surface area (Å²) in [6.45, 7) is 0. The molecule has 0 N–H and O–H groups in total. The third kappa shape index (κ3) is 4.19. The molecule has 2 heteroatoms. The SMILES string of the molecule is c1ccc(-c2cccc(-c3ccc4cc(-c5ccc6cc7c(cc6c5)sc5c6cc8ccccc8cc6sc75)ccc4c3)c2)cc1. The quantitative estimate of drug-likeness (QED) is 0.185. The first-order chi connectivity index (χ1) is 22.7. The number of hydrogen-bond acceptors (Lipinski definition) is 2. The predicted molar refractivity (Wildman–Crippen MR) is 204 cm³/mol. The lowest BCUT2D eigenvalue weighted by atomic mass is 9.95. The molecule has 0 nitrogen and oxygen atoms in total. The first-order valence-electron chi connectivity index (χ1n) is 15.6. The van der Waals surface area contributed by atoms with Gasteiger partial charge in [-0.25, -0.2) is 0 Å². The molecule has 0 unspecified atom stereocenters. The Hall–Kier alpha value is -5.28. The van der Waals surface area contributed by atoms with E-state index in [1.54, 1.807) is 0 Å². The molecule has 0 radical (unpaired) electrons. The maximum absolute atomic E-state index is 2.40. The van der Waals surface area contributed by atoms with Gasteiger partial charge in [0.25, 0.3) is 0 Å². The van der Waals surface area contributed by atoms with Crippen molar-refractivity contribution < 1.29 is 0 Å². The standard InChI is InChI=1S/C44H26S2/c1-2-7-27(8-3-1)28-11-6-12-29(19-28)32-13-14-34-21-35(16-15-33(34)20-32)36-17-18-37-24-40-42(26-38(37)22-36)46-43-39-23-30-9-4-5-10-31(30)25-41(39)45-44(40)43/h1-26H. The topological polar surface area (TPSA) is 0 Å². The lowest BCUT2D eigenvalue weighted by molar-refractivity contribution is 1.60. The minimum atomic E-state index is 1.24. The molecule has 2 heterocycles. The molecule has 2 aromatic heterocycles. The first-order valence-corrected chi connectivity index (χ1v) is 17.3. The summed E-state index contributed by atoms with van der Waals surface area (Å²) in [7, 11) is 0. The van der Waals surface area contributed by atoms with E-state index in [1.807, 2.05) is 22.7 Å². The summed E-state index contributed by atoms with van der Waals surface area (Å²) in [6.07, 6.45) is 0. The highest BCUT2D eigenvalue weighted by Gasteiger charge is 2.14. The summed E-state index contributed by atoms with van der Waals surface area (Å²) in [4.78, 5) is 0. The van der Waals surface area contributed by atoms with E-state index in [0.717, 1.165) is 0 Å². The Labute approximate surface area is 274 Å². The average Bonchev–Trinajstić information content (AvgIpc) is 3.64. The Balaban J connectivity index is 1.02. The second-order valence-corrected chi connectivity index (χ2v) is 14.3. The molecule has 0 spiro atoms. The Kier molecular flexibility index (Phi) is 5.72. The zero-order valence-corrected chi connectivity index (χ0v) is 26.5.